The van der Waals surface area contributed by atoms with Crippen LogP contribution < -0.4 is 0 Å². The summed E-state index contributed by atoms with van der Waals surface area (Å²) in [6.45, 7) is 2.81. The quantitative estimate of drug-likeness (QED) is 0.456. The fraction of sp³-hybridized carbons (Fsp3) is 0.308. The zero-order valence-corrected chi connectivity index (χ0v) is 12.0. The number of carbonyl (C=O) groups excluding carboxylic acids is 1. The van der Waals surface area contributed by atoms with Gasteiger partial charge in [0.15, 0.2) is 15.6 Å². The number of nitrogens with zero attached hydrogens (tertiary/aromatic N) is 1. The summed E-state index contributed by atoms with van der Waals surface area (Å²) in [7, 11) is -3.72. The smallest absolute Gasteiger partial charge is 0.276 e. The van der Waals surface area contributed by atoms with E-state index in [4.69, 9.17) is 0 Å². The maximum atomic E-state index is 12.0. The first-order chi connectivity index (χ1) is 9.29. The summed E-state index contributed by atoms with van der Waals surface area (Å²) in [5.74, 6) is -0.796. The minimum atomic E-state index is -3.72. The van der Waals surface area contributed by atoms with Crippen molar-refractivity contribution in [1.82, 2.24) is 0 Å². The largest absolute Gasteiger partial charge is 0.294 e. The van der Waals surface area contributed by atoms with Crippen LogP contribution in [-0.2, 0) is 14.6 Å². The maximum Gasteiger partial charge on any atom is 0.276 e. The second-order valence-corrected chi connectivity index (χ2v) is 6.28. The molecule has 0 atom stereocenters. The summed E-state index contributed by atoms with van der Waals surface area (Å²) in [6.07, 6.45) is 1.44. The molecule has 1 aromatic rings. The number of Topliss-reactive ketones (excluding diaryl/α,β-unsaturated/α-hetero) is 1. The van der Waals surface area contributed by atoms with Crippen molar-refractivity contribution in [3.8, 4) is 0 Å². The summed E-state index contributed by atoms with van der Waals surface area (Å²) in [4.78, 5) is 21.4. The maximum absolute atomic E-state index is 12.0. The van der Waals surface area contributed by atoms with Crippen LogP contribution in [0.3, 0.4) is 0 Å². The fourth-order valence-corrected chi connectivity index (χ4v) is 3.21. The van der Waals surface area contributed by atoms with Crippen LogP contribution in [0.2, 0.25) is 0 Å². The molecule has 0 N–H and O–H groups in total. The third kappa shape index (κ3) is 3.74. The number of hydrogen-bond acceptors (Lipinski definition) is 5. The third-order valence-electron chi connectivity index (χ3n) is 2.57. The van der Waals surface area contributed by atoms with Crippen molar-refractivity contribution in [1.29, 1.82) is 0 Å². The second kappa shape index (κ2) is 6.42. The van der Waals surface area contributed by atoms with Gasteiger partial charge >= 0.3 is 0 Å². The second-order valence-electron chi connectivity index (χ2n) is 4.20. The van der Waals surface area contributed by atoms with Crippen molar-refractivity contribution < 1.29 is 18.1 Å². The number of benzene rings is 1. The highest BCUT2D eigenvalue weighted by molar-refractivity contribution is 7.96. The van der Waals surface area contributed by atoms with Gasteiger partial charge in [-0.05, 0) is 25.5 Å². The van der Waals surface area contributed by atoms with E-state index in [-0.39, 0.29) is 17.0 Å². The summed E-state index contributed by atoms with van der Waals surface area (Å²) in [6, 6.07) is 5.69. The van der Waals surface area contributed by atoms with Crippen LogP contribution in [0, 0.1) is 10.1 Å². The zero-order valence-electron chi connectivity index (χ0n) is 11.2. The minimum Gasteiger partial charge on any atom is -0.294 e. The highest BCUT2D eigenvalue weighted by Crippen LogP contribution is 2.23. The molecule has 0 unspecified atom stereocenters. The van der Waals surface area contributed by atoms with Crippen LogP contribution in [0.15, 0.2) is 29.2 Å². The molecule has 0 spiro atoms. The van der Waals surface area contributed by atoms with Crippen molar-refractivity contribution in [3.05, 3.63) is 44.8 Å². The number of ketones is 1. The average molecular weight is 297 g/mol. The van der Waals surface area contributed by atoms with Gasteiger partial charge in [-0.15, -0.1) is 0 Å². The number of carbonyl (C=O) groups is 1. The standard InChI is InChI=1S/C13H15NO5S/c1-3-8-20(18,19)13(10(2)15)9-11-6-4-5-7-12(11)14(16)17/h4-7,9H,3,8H2,1-2H3. The Morgan fingerprint density at radius 1 is 1.35 bits per heavy atom. The molecule has 0 aliphatic heterocycles. The van der Waals surface area contributed by atoms with E-state index in [1.54, 1.807) is 13.0 Å². The van der Waals surface area contributed by atoms with E-state index < -0.39 is 25.4 Å². The minimum absolute atomic E-state index is 0.0994. The molecule has 1 aromatic carbocycles. The Balaban J connectivity index is 3.44. The first kappa shape index (κ1) is 16.0. The van der Waals surface area contributed by atoms with Crippen LogP contribution in [0.5, 0.6) is 0 Å². The van der Waals surface area contributed by atoms with E-state index in [9.17, 15) is 23.3 Å². The molecule has 20 heavy (non-hydrogen) atoms. The predicted molar refractivity (Wildman–Crippen MR) is 75.8 cm³/mol. The molecule has 0 heterocycles. The van der Waals surface area contributed by atoms with Gasteiger partial charge in [-0.2, -0.15) is 0 Å². The Bertz CT molecular complexity index is 661. The van der Waals surface area contributed by atoms with Gasteiger partial charge in [0.05, 0.1) is 16.2 Å². The molecule has 0 fully saturated rings. The molecule has 6 nitrogen and oxygen atoms in total. The number of nitro benzene ring substituents is 1. The molecule has 1 rings (SSSR count). The average Bonchev–Trinajstić information content (AvgIpc) is 2.35. The van der Waals surface area contributed by atoms with Gasteiger partial charge in [0.2, 0.25) is 0 Å². The molecule has 0 saturated carbocycles. The van der Waals surface area contributed by atoms with Crippen molar-refractivity contribution >= 4 is 27.4 Å². The van der Waals surface area contributed by atoms with Crippen LogP contribution >= 0.6 is 0 Å². The van der Waals surface area contributed by atoms with E-state index in [1.807, 2.05) is 0 Å². The van der Waals surface area contributed by atoms with Gasteiger partial charge in [-0.25, -0.2) is 8.42 Å². The first-order valence-corrected chi connectivity index (χ1v) is 7.63. The lowest BCUT2D eigenvalue weighted by Crippen LogP contribution is -2.14. The lowest BCUT2D eigenvalue weighted by atomic mass is 10.1. The van der Waals surface area contributed by atoms with E-state index >= 15 is 0 Å². The third-order valence-corrected chi connectivity index (χ3v) is 4.60. The normalized spacial score (nSPS) is 12.2. The number of rotatable bonds is 6. The molecule has 0 bridgehead atoms. The lowest BCUT2D eigenvalue weighted by molar-refractivity contribution is -0.385. The molecule has 0 aliphatic rings. The molecule has 7 heteroatoms. The number of allylic oxidation sites excluding steroid dienone is 1. The molecule has 0 radical (unpaired) electrons. The monoisotopic (exact) mass is 297 g/mol. The highest BCUT2D eigenvalue weighted by Gasteiger charge is 2.22. The molecule has 108 valence electrons. The van der Waals surface area contributed by atoms with Gasteiger partial charge in [0.25, 0.3) is 5.69 Å². The summed E-state index contributed by atoms with van der Waals surface area (Å²) in [5.41, 5.74) is -0.139. The molecular weight excluding hydrogens is 282 g/mol. The van der Waals surface area contributed by atoms with Crippen molar-refractivity contribution in [2.75, 3.05) is 5.75 Å². The predicted octanol–water partition coefficient (Wildman–Crippen LogP) is 2.35. The summed E-state index contributed by atoms with van der Waals surface area (Å²) < 4.78 is 24.0. The van der Waals surface area contributed by atoms with Gasteiger partial charge in [-0.3, -0.25) is 14.9 Å². The Hall–Kier alpha value is -2.02. The van der Waals surface area contributed by atoms with Crippen molar-refractivity contribution in [2.45, 2.75) is 20.3 Å². The van der Waals surface area contributed by atoms with Gasteiger partial charge in [-0.1, -0.05) is 19.1 Å². The Morgan fingerprint density at radius 3 is 2.45 bits per heavy atom. The van der Waals surface area contributed by atoms with Crippen LogP contribution in [0.1, 0.15) is 25.8 Å². The van der Waals surface area contributed by atoms with Crippen molar-refractivity contribution in [3.63, 3.8) is 0 Å². The highest BCUT2D eigenvalue weighted by atomic mass is 32.2. The zero-order chi connectivity index (χ0) is 15.3. The van der Waals surface area contributed by atoms with Gasteiger partial charge in [0, 0.05) is 6.07 Å². The SMILES string of the molecule is CCCS(=O)(=O)C(=Cc1ccccc1[N+](=O)[O-])C(C)=O. The molecule has 0 aliphatic carbocycles. The Kier molecular flexibility index (Phi) is 5.15. The Morgan fingerprint density at radius 2 is 1.95 bits per heavy atom. The summed E-state index contributed by atoms with van der Waals surface area (Å²) >= 11 is 0. The molecule has 0 amide bonds. The van der Waals surface area contributed by atoms with Crippen molar-refractivity contribution in [2.24, 2.45) is 0 Å². The fourth-order valence-electron chi connectivity index (χ4n) is 1.71. The number of hydrogen-bond donors (Lipinski definition) is 0. The van der Waals surface area contributed by atoms with Gasteiger partial charge in [0.1, 0.15) is 4.91 Å². The number of sulfone groups is 1. The Labute approximate surface area is 117 Å². The number of para-hydroxylation sites is 1. The van der Waals surface area contributed by atoms with Crippen LogP contribution in [0.4, 0.5) is 5.69 Å². The van der Waals surface area contributed by atoms with Crippen LogP contribution in [-0.4, -0.2) is 24.9 Å². The van der Waals surface area contributed by atoms with Crippen LogP contribution in [0.25, 0.3) is 6.08 Å². The van der Waals surface area contributed by atoms with Gasteiger partial charge < -0.3 is 0 Å². The number of nitro groups is 1. The molecule has 0 saturated heterocycles. The van der Waals surface area contributed by atoms with E-state index in [0.29, 0.717) is 6.42 Å². The van der Waals surface area contributed by atoms with E-state index in [2.05, 4.69) is 0 Å². The topological polar surface area (TPSA) is 94.3 Å². The molecule has 0 aromatic heterocycles. The molecular formula is C13H15NO5S. The van der Waals surface area contributed by atoms with E-state index in [0.717, 1.165) is 13.0 Å². The lowest BCUT2D eigenvalue weighted by Gasteiger charge is -2.05. The first-order valence-electron chi connectivity index (χ1n) is 5.98. The van der Waals surface area contributed by atoms with E-state index in [1.165, 1.54) is 18.2 Å². The summed E-state index contributed by atoms with van der Waals surface area (Å²) in [5, 5.41) is 10.9.